The first kappa shape index (κ1) is 10.4. The van der Waals surface area contributed by atoms with Crippen LogP contribution in [0.15, 0.2) is 25.3 Å². The molecule has 0 bridgehead atoms. The number of ether oxygens (including phenoxy) is 2. The molecule has 0 radical (unpaired) electrons. The third kappa shape index (κ3) is 5.79. The quantitative estimate of drug-likeness (QED) is 0.438. The van der Waals surface area contributed by atoms with Gasteiger partial charge in [-0.15, -0.1) is 6.58 Å². The van der Waals surface area contributed by atoms with E-state index in [0.717, 1.165) is 0 Å². The van der Waals surface area contributed by atoms with E-state index in [0.29, 0.717) is 6.61 Å². The van der Waals surface area contributed by atoms with E-state index in [2.05, 4.69) is 13.2 Å². The van der Waals surface area contributed by atoms with Gasteiger partial charge in [0.15, 0.2) is 6.29 Å². The summed E-state index contributed by atoms with van der Waals surface area (Å²) >= 11 is 0. The first-order valence-corrected chi connectivity index (χ1v) is 3.42. The van der Waals surface area contributed by atoms with Gasteiger partial charge in [-0.3, -0.25) is 0 Å². The number of aliphatic hydroxyl groups is 1. The van der Waals surface area contributed by atoms with Crippen molar-refractivity contribution in [1.82, 2.24) is 0 Å². The minimum atomic E-state index is -0.444. The Labute approximate surface area is 66.9 Å². The summed E-state index contributed by atoms with van der Waals surface area (Å²) in [6.07, 6.45) is 2.71. The number of rotatable bonds is 7. The SMILES string of the molecule is C=CCOC(C=C)OCCO. The van der Waals surface area contributed by atoms with E-state index in [1.165, 1.54) is 6.08 Å². The van der Waals surface area contributed by atoms with Crippen LogP contribution in [0.1, 0.15) is 0 Å². The Morgan fingerprint density at radius 1 is 1.36 bits per heavy atom. The van der Waals surface area contributed by atoms with Crippen LogP contribution in [0.2, 0.25) is 0 Å². The molecule has 0 saturated carbocycles. The monoisotopic (exact) mass is 158 g/mol. The van der Waals surface area contributed by atoms with Gasteiger partial charge in [0.1, 0.15) is 0 Å². The summed E-state index contributed by atoms with van der Waals surface area (Å²) in [5.74, 6) is 0. The van der Waals surface area contributed by atoms with Crippen LogP contribution in [-0.4, -0.2) is 31.2 Å². The van der Waals surface area contributed by atoms with Crippen LogP contribution in [0.3, 0.4) is 0 Å². The van der Waals surface area contributed by atoms with Crippen molar-refractivity contribution in [3.05, 3.63) is 25.3 Å². The zero-order chi connectivity index (χ0) is 8.53. The first-order chi connectivity index (χ1) is 5.35. The molecule has 0 aliphatic carbocycles. The Balaban J connectivity index is 3.40. The molecule has 0 aliphatic heterocycles. The lowest BCUT2D eigenvalue weighted by molar-refractivity contribution is -0.109. The standard InChI is InChI=1S/C8H14O3/c1-3-6-10-8(4-2)11-7-5-9/h3-4,8-9H,1-2,5-7H2. The van der Waals surface area contributed by atoms with Gasteiger partial charge in [0, 0.05) is 0 Å². The van der Waals surface area contributed by atoms with Gasteiger partial charge in [-0.05, 0) is 6.08 Å². The highest BCUT2D eigenvalue weighted by molar-refractivity contribution is 4.74. The molecule has 64 valence electrons. The molecule has 3 heteroatoms. The second-order valence-electron chi connectivity index (χ2n) is 1.82. The molecule has 1 unspecified atom stereocenters. The van der Waals surface area contributed by atoms with Crippen LogP contribution in [0.4, 0.5) is 0 Å². The van der Waals surface area contributed by atoms with Crippen LogP contribution in [0.5, 0.6) is 0 Å². The fourth-order valence-electron chi connectivity index (χ4n) is 0.516. The molecule has 0 aromatic rings. The van der Waals surface area contributed by atoms with Crippen LogP contribution in [0.25, 0.3) is 0 Å². The summed E-state index contributed by atoms with van der Waals surface area (Å²) in [6.45, 7) is 7.65. The lowest BCUT2D eigenvalue weighted by Crippen LogP contribution is -2.16. The summed E-state index contributed by atoms with van der Waals surface area (Å²) < 4.78 is 10.1. The first-order valence-electron chi connectivity index (χ1n) is 3.42. The summed E-state index contributed by atoms with van der Waals surface area (Å²) in [6, 6.07) is 0. The number of aliphatic hydroxyl groups excluding tert-OH is 1. The van der Waals surface area contributed by atoms with E-state index in [4.69, 9.17) is 14.6 Å². The normalized spacial score (nSPS) is 12.5. The largest absolute Gasteiger partial charge is 0.394 e. The second kappa shape index (κ2) is 7.47. The van der Waals surface area contributed by atoms with E-state index >= 15 is 0 Å². The van der Waals surface area contributed by atoms with Crippen LogP contribution >= 0.6 is 0 Å². The maximum atomic E-state index is 8.40. The van der Waals surface area contributed by atoms with Crippen LogP contribution in [0, 0.1) is 0 Å². The average molecular weight is 158 g/mol. The van der Waals surface area contributed by atoms with E-state index in [1.807, 2.05) is 0 Å². The zero-order valence-corrected chi connectivity index (χ0v) is 6.53. The Morgan fingerprint density at radius 2 is 2.09 bits per heavy atom. The highest BCUT2D eigenvalue weighted by atomic mass is 16.7. The summed E-state index contributed by atoms with van der Waals surface area (Å²) in [5.41, 5.74) is 0. The molecule has 0 aromatic carbocycles. The molecule has 0 aromatic heterocycles. The fraction of sp³-hybridized carbons (Fsp3) is 0.500. The van der Waals surface area contributed by atoms with Crippen molar-refractivity contribution in [3.8, 4) is 0 Å². The van der Waals surface area contributed by atoms with E-state index in [1.54, 1.807) is 6.08 Å². The summed E-state index contributed by atoms with van der Waals surface area (Å²) in [7, 11) is 0. The van der Waals surface area contributed by atoms with Crippen LogP contribution in [-0.2, 0) is 9.47 Å². The van der Waals surface area contributed by atoms with Gasteiger partial charge in [0.25, 0.3) is 0 Å². The molecule has 1 atom stereocenters. The predicted molar refractivity (Wildman–Crippen MR) is 43.2 cm³/mol. The van der Waals surface area contributed by atoms with Crippen molar-refractivity contribution in [2.24, 2.45) is 0 Å². The van der Waals surface area contributed by atoms with Crippen molar-refractivity contribution in [1.29, 1.82) is 0 Å². The fourth-order valence-corrected chi connectivity index (χ4v) is 0.516. The summed E-state index contributed by atoms with van der Waals surface area (Å²) in [4.78, 5) is 0. The molecule has 11 heavy (non-hydrogen) atoms. The highest BCUT2D eigenvalue weighted by Gasteiger charge is 2.00. The predicted octanol–water partition coefficient (Wildman–Crippen LogP) is 0.710. The maximum absolute atomic E-state index is 8.40. The molecular weight excluding hydrogens is 144 g/mol. The maximum Gasteiger partial charge on any atom is 0.177 e. The summed E-state index contributed by atoms with van der Waals surface area (Å²) in [5, 5.41) is 8.40. The topological polar surface area (TPSA) is 38.7 Å². The number of hydrogen-bond donors (Lipinski definition) is 1. The average Bonchev–Trinajstić information content (AvgIpc) is 2.05. The Bertz CT molecular complexity index is 112. The lowest BCUT2D eigenvalue weighted by Gasteiger charge is -2.12. The van der Waals surface area contributed by atoms with E-state index in [9.17, 15) is 0 Å². The molecule has 0 saturated heterocycles. The molecule has 0 rings (SSSR count). The second-order valence-corrected chi connectivity index (χ2v) is 1.82. The van der Waals surface area contributed by atoms with Crippen molar-refractivity contribution >= 4 is 0 Å². The van der Waals surface area contributed by atoms with Gasteiger partial charge in [0.2, 0.25) is 0 Å². The van der Waals surface area contributed by atoms with Gasteiger partial charge in [-0.25, -0.2) is 0 Å². The minimum absolute atomic E-state index is 0.0121. The number of hydrogen-bond acceptors (Lipinski definition) is 3. The van der Waals surface area contributed by atoms with Crippen molar-refractivity contribution < 1.29 is 14.6 Å². The Kier molecular flexibility index (Phi) is 7.03. The third-order valence-corrected chi connectivity index (χ3v) is 0.944. The Morgan fingerprint density at radius 3 is 2.55 bits per heavy atom. The van der Waals surface area contributed by atoms with Gasteiger partial charge in [0.05, 0.1) is 19.8 Å². The molecule has 0 heterocycles. The molecular formula is C8H14O3. The molecule has 0 fully saturated rings. The van der Waals surface area contributed by atoms with Crippen LogP contribution < -0.4 is 0 Å². The molecule has 3 nitrogen and oxygen atoms in total. The smallest absolute Gasteiger partial charge is 0.177 e. The zero-order valence-electron chi connectivity index (χ0n) is 6.53. The van der Waals surface area contributed by atoms with Gasteiger partial charge < -0.3 is 14.6 Å². The third-order valence-electron chi connectivity index (χ3n) is 0.944. The van der Waals surface area contributed by atoms with Gasteiger partial charge >= 0.3 is 0 Å². The van der Waals surface area contributed by atoms with Crippen molar-refractivity contribution in [2.75, 3.05) is 19.8 Å². The van der Waals surface area contributed by atoms with E-state index in [-0.39, 0.29) is 13.2 Å². The molecule has 0 amide bonds. The van der Waals surface area contributed by atoms with Crippen molar-refractivity contribution in [2.45, 2.75) is 6.29 Å². The molecule has 1 N–H and O–H groups in total. The Hall–Kier alpha value is -0.640. The molecule has 0 aliphatic rings. The van der Waals surface area contributed by atoms with Gasteiger partial charge in [-0.1, -0.05) is 12.7 Å². The van der Waals surface area contributed by atoms with Crippen molar-refractivity contribution in [3.63, 3.8) is 0 Å². The van der Waals surface area contributed by atoms with E-state index < -0.39 is 6.29 Å². The lowest BCUT2D eigenvalue weighted by atomic mass is 10.6. The van der Waals surface area contributed by atoms with Gasteiger partial charge in [-0.2, -0.15) is 0 Å². The highest BCUT2D eigenvalue weighted by Crippen LogP contribution is 1.95. The molecule has 0 spiro atoms. The minimum Gasteiger partial charge on any atom is -0.394 e.